The van der Waals surface area contributed by atoms with Gasteiger partial charge in [0.1, 0.15) is 17.5 Å². The Kier molecular flexibility index (Phi) is 9.12. The van der Waals surface area contributed by atoms with Gasteiger partial charge in [-0.3, -0.25) is 0 Å². The lowest BCUT2D eigenvalue weighted by atomic mass is 9.88. The van der Waals surface area contributed by atoms with Crippen molar-refractivity contribution >= 4 is 5.70 Å². The summed E-state index contributed by atoms with van der Waals surface area (Å²) in [6.45, 7) is 14.6. The number of rotatable bonds is 7. The van der Waals surface area contributed by atoms with Gasteiger partial charge in [0.25, 0.3) is 5.89 Å². The average molecular weight is 405 g/mol. The molecule has 29 heavy (non-hydrogen) atoms. The first-order valence-electron chi connectivity index (χ1n) is 9.26. The second kappa shape index (κ2) is 11.0. The molecule has 2 aromatic rings. The van der Waals surface area contributed by atoms with Gasteiger partial charge >= 0.3 is 0 Å². The predicted octanol–water partition coefficient (Wildman–Crippen LogP) is 6.35. The Morgan fingerprint density at radius 1 is 1.24 bits per heavy atom. The molecule has 0 fully saturated rings. The highest BCUT2D eigenvalue weighted by Gasteiger charge is 2.22. The zero-order valence-corrected chi connectivity index (χ0v) is 17.1. The maximum Gasteiger partial charge on any atom is 0.274 e. The van der Waals surface area contributed by atoms with E-state index in [2.05, 4.69) is 23.3 Å². The minimum absolute atomic E-state index is 0.0558. The van der Waals surface area contributed by atoms with Gasteiger partial charge in [-0.05, 0) is 41.8 Å². The van der Waals surface area contributed by atoms with Gasteiger partial charge in [0.05, 0.1) is 11.3 Å². The van der Waals surface area contributed by atoms with Crippen LogP contribution in [0.3, 0.4) is 0 Å². The summed E-state index contributed by atoms with van der Waals surface area (Å²) < 4.78 is 46.4. The summed E-state index contributed by atoms with van der Waals surface area (Å²) in [5, 5.41) is 3.67. The Balaban J connectivity index is 0.00000204. The van der Waals surface area contributed by atoms with E-state index in [1.165, 1.54) is 6.08 Å². The van der Waals surface area contributed by atoms with Crippen LogP contribution in [0.4, 0.5) is 13.2 Å². The van der Waals surface area contributed by atoms with Crippen LogP contribution in [0.15, 0.2) is 65.0 Å². The van der Waals surface area contributed by atoms with Gasteiger partial charge in [0.2, 0.25) is 5.82 Å². The molecule has 0 aliphatic carbocycles. The third-order valence-corrected chi connectivity index (χ3v) is 4.22. The third-order valence-electron chi connectivity index (χ3n) is 4.22. The van der Waals surface area contributed by atoms with Crippen molar-refractivity contribution in [1.29, 1.82) is 0 Å². The number of benzene rings is 1. The smallest absolute Gasteiger partial charge is 0.274 e. The number of allylic oxidation sites excluding steroid dienone is 5. The van der Waals surface area contributed by atoms with Crippen molar-refractivity contribution < 1.29 is 17.7 Å². The molecule has 1 aromatic carbocycles. The van der Waals surface area contributed by atoms with E-state index in [0.717, 1.165) is 24.3 Å². The van der Waals surface area contributed by atoms with E-state index < -0.39 is 23.4 Å². The number of aromatic nitrogens is 2. The molecule has 1 heterocycles. The average Bonchev–Trinajstić information content (AvgIpc) is 3.22. The lowest BCUT2D eigenvalue weighted by molar-refractivity contribution is 0.406. The van der Waals surface area contributed by atoms with Crippen molar-refractivity contribution in [1.82, 2.24) is 10.1 Å². The maximum atomic E-state index is 14.0. The Labute approximate surface area is 169 Å². The van der Waals surface area contributed by atoms with Gasteiger partial charge in [-0.2, -0.15) is 4.98 Å². The van der Waals surface area contributed by atoms with Crippen LogP contribution >= 0.6 is 0 Å². The van der Waals surface area contributed by atoms with Crippen molar-refractivity contribution in [2.75, 3.05) is 0 Å². The Morgan fingerprint density at radius 3 is 2.45 bits per heavy atom. The second-order valence-electron chi connectivity index (χ2n) is 5.77. The monoisotopic (exact) mass is 405 g/mol. The molecule has 0 bridgehead atoms. The number of halogens is 3. The van der Waals surface area contributed by atoms with Crippen LogP contribution in [0.25, 0.3) is 17.1 Å². The van der Waals surface area contributed by atoms with Crippen molar-refractivity contribution in [2.24, 2.45) is 11.7 Å². The topological polar surface area (TPSA) is 64.9 Å². The fourth-order valence-corrected chi connectivity index (χ4v) is 2.77. The van der Waals surface area contributed by atoms with E-state index in [1.807, 2.05) is 20.8 Å². The summed E-state index contributed by atoms with van der Waals surface area (Å²) >= 11 is 0. The van der Waals surface area contributed by atoms with Gasteiger partial charge < -0.3 is 10.3 Å². The molecular formula is C22H26F3N3O. The van der Waals surface area contributed by atoms with Crippen molar-refractivity contribution in [3.05, 3.63) is 78.0 Å². The number of nitrogens with zero attached hydrogens (tertiary/aromatic N) is 2. The quantitative estimate of drug-likeness (QED) is 0.545. The summed E-state index contributed by atoms with van der Waals surface area (Å²) in [5.74, 6) is -2.45. The number of hydrogen-bond donors (Lipinski definition) is 1. The molecule has 0 amide bonds. The summed E-state index contributed by atoms with van der Waals surface area (Å²) in [5.41, 5.74) is 7.12. The van der Waals surface area contributed by atoms with Crippen molar-refractivity contribution in [2.45, 2.75) is 34.1 Å². The fourth-order valence-electron chi connectivity index (χ4n) is 2.77. The zero-order chi connectivity index (χ0) is 22.1. The number of hydrogen-bond acceptors (Lipinski definition) is 4. The molecule has 156 valence electrons. The van der Waals surface area contributed by atoms with Gasteiger partial charge in [0, 0.05) is 5.92 Å². The van der Waals surface area contributed by atoms with Gasteiger partial charge in [-0.15, -0.1) is 0 Å². The molecule has 7 heteroatoms. The van der Waals surface area contributed by atoms with E-state index >= 15 is 0 Å². The SMILES string of the molecule is C=C/C(F)=C(\C=C)C(C)/C(CC)=C(\N)c1nc(-c2cc(F)ccc2F)no1.CC. The van der Waals surface area contributed by atoms with Crippen LogP contribution in [-0.4, -0.2) is 10.1 Å². The molecule has 0 spiro atoms. The molecule has 0 radical (unpaired) electrons. The summed E-state index contributed by atoms with van der Waals surface area (Å²) in [6.07, 6.45) is 2.96. The molecule has 1 aromatic heterocycles. The van der Waals surface area contributed by atoms with E-state index in [4.69, 9.17) is 10.3 Å². The van der Waals surface area contributed by atoms with Gasteiger partial charge in [-0.25, -0.2) is 13.2 Å². The van der Waals surface area contributed by atoms with Crippen LogP contribution in [-0.2, 0) is 0 Å². The van der Waals surface area contributed by atoms with E-state index in [9.17, 15) is 13.2 Å². The molecule has 4 nitrogen and oxygen atoms in total. The van der Waals surface area contributed by atoms with Crippen LogP contribution < -0.4 is 5.73 Å². The molecule has 2 N–H and O–H groups in total. The molecule has 0 saturated heterocycles. The standard InChI is InChI=1S/C20H20F3N3O.C2H6/c1-5-13(16(22)7-3)11(4)14(6-2)18(24)20-25-19(26-27-20)15-10-12(21)8-9-17(15)23;1-2/h5,7-11H,1,3,6,24H2,2,4H3;1-2H3/b16-13-,18-14-;. The Bertz CT molecular complexity index is 929. The molecule has 0 aliphatic rings. The van der Waals surface area contributed by atoms with Gasteiger partial charge in [0.15, 0.2) is 0 Å². The molecule has 2 rings (SSSR count). The lowest BCUT2D eigenvalue weighted by Gasteiger charge is -2.18. The summed E-state index contributed by atoms with van der Waals surface area (Å²) in [7, 11) is 0. The van der Waals surface area contributed by atoms with E-state index in [1.54, 1.807) is 6.92 Å². The predicted molar refractivity (Wildman–Crippen MR) is 110 cm³/mol. The molecular weight excluding hydrogens is 379 g/mol. The zero-order valence-electron chi connectivity index (χ0n) is 17.1. The molecule has 1 atom stereocenters. The number of nitrogens with two attached hydrogens (primary N) is 1. The van der Waals surface area contributed by atoms with Crippen LogP contribution in [0.2, 0.25) is 0 Å². The first kappa shape index (κ1) is 23.9. The maximum absolute atomic E-state index is 14.0. The highest BCUT2D eigenvalue weighted by Crippen LogP contribution is 2.31. The highest BCUT2D eigenvalue weighted by molar-refractivity contribution is 5.64. The summed E-state index contributed by atoms with van der Waals surface area (Å²) in [6, 6.07) is 2.92. The first-order chi connectivity index (χ1) is 13.8. The largest absolute Gasteiger partial charge is 0.394 e. The minimum atomic E-state index is -0.694. The molecule has 1 unspecified atom stereocenters. The normalized spacial score (nSPS) is 13.5. The Morgan fingerprint density at radius 2 is 1.90 bits per heavy atom. The Hall–Kier alpha value is -3.09. The van der Waals surface area contributed by atoms with Crippen LogP contribution in [0.1, 0.15) is 40.0 Å². The first-order valence-corrected chi connectivity index (χ1v) is 9.26. The third kappa shape index (κ3) is 5.47. The molecule has 0 saturated carbocycles. The second-order valence-corrected chi connectivity index (χ2v) is 5.77. The lowest BCUT2D eigenvalue weighted by Crippen LogP contribution is -2.10. The fraction of sp³-hybridized carbons (Fsp3) is 0.273. The van der Waals surface area contributed by atoms with Crippen molar-refractivity contribution in [3.8, 4) is 11.4 Å². The highest BCUT2D eigenvalue weighted by atomic mass is 19.1. The van der Waals surface area contributed by atoms with Crippen molar-refractivity contribution in [3.63, 3.8) is 0 Å². The summed E-state index contributed by atoms with van der Waals surface area (Å²) in [4.78, 5) is 4.06. The minimum Gasteiger partial charge on any atom is -0.394 e. The van der Waals surface area contributed by atoms with Gasteiger partial charge in [-0.1, -0.05) is 52.1 Å². The van der Waals surface area contributed by atoms with Crippen LogP contribution in [0.5, 0.6) is 0 Å². The molecule has 0 aliphatic heterocycles. The van der Waals surface area contributed by atoms with E-state index in [-0.39, 0.29) is 23.0 Å². The van der Waals surface area contributed by atoms with Crippen LogP contribution in [0, 0.1) is 17.6 Å². The van der Waals surface area contributed by atoms with E-state index in [0.29, 0.717) is 17.6 Å².